The number of anilines is 1. The summed E-state index contributed by atoms with van der Waals surface area (Å²) in [5, 5.41) is 12.7. The fourth-order valence-electron chi connectivity index (χ4n) is 3.20. The molecule has 1 aliphatic heterocycles. The number of hydrogen-bond donors (Lipinski definition) is 1. The first-order valence-corrected chi connectivity index (χ1v) is 10.4. The lowest BCUT2D eigenvalue weighted by molar-refractivity contribution is -0.118. The number of nitrogens with zero attached hydrogens (tertiary/aromatic N) is 4. The summed E-state index contributed by atoms with van der Waals surface area (Å²) in [6, 6.07) is 8.79. The molecular weight excluding hydrogens is 346 g/mol. The number of carbonyl (C=O) groups excluding carboxylic acids is 1. The van der Waals surface area contributed by atoms with Gasteiger partial charge in [0.2, 0.25) is 11.9 Å². The van der Waals surface area contributed by atoms with Crippen molar-refractivity contribution in [3.63, 3.8) is 0 Å². The van der Waals surface area contributed by atoms with Crippen molar-refractivity contribution in [1.82, 2.24) is 20.1 Å². The number of rotatable bonds is 6. The molecule has 1 N–H and O–H groups in total. The lowest BCUT2D eigenvalue weighted by Gasteiger charge is -2.27. The van der Waals surface area contributed by atoms with Crippen molar-refractivity contribution < 1.29 is 4.79 Å². The van der Waals surface area contributed by atoms with Gasteiger partial charge in [0.25, 0.3) is 0 Å². The van der Waals surface area contributed by atoms with Crippen LogP contribution in [0.1, 0.15) is 37.7 Å². The van der Waals surface area contributed by atoms with Crippen LogP contribution in [0.5, 0.6) is 0 Å². The van der Waals surface area contributed by atoms with E-state index in [0.29, 0.717) is 11.8 Å². The summed E-state index contributed by atoms with van der Waals surface area (Å²) in [5.74, 6) is 1.34. The van der Waals surface area contributed by atoms with E-state index >= 15 is 0 Å². The summed E-state index contributed by atoms with van der Waals surface area (Å²) in [4.78, 5) is 14.4. The highest BCUT2D eigenvalue weighted by Gasteiger charge is 2.25. The van der Waals surface area contributed by atoms with Gasteiger partial charge in [-0.05, 0) is 51.2 Å². The monoisotopic (exact) mass is 371 g/mol. The molecule has 1 saturated heterocycles. The fourth-order valence-corrected chi connectivity index (χ4v) is 3.96. The van der Waals surface area contributed by atoms with E-state index in [4.69, 9.17) is 0 Å². The van der Waals surface area contributed by atoms with Gasteiger partial charge in [-0.1, -0.05) is 29.5 Å². The van der Waals surface area contributed by atoms with Crippen LogP contribution in [-0.4, -0.2) is 45.6 Å². The van der Waals surface area contributed by atoms with E-state index < -0.39 is 0 Å². The van der Waals surface area contributed by atoms with Crippen LogP contribution < -0.4 is 10.2 Å². The number of aryl methyl sites for hydroxylation is 1. The minimum Gasteiger partial charge on any atom is -0.353 e. The van der Waals surface area contributed by atoms with Crippen LogP contribution in [0.2, 0.25) is 0 Å². The molecule has 4 rings (SSSR count). The molecule has 1 aromatic carbocycles. The second-order valence-electron chi connectivity index (χ2n) is 7.13. The molecule has 138 valence electrons. The van der Waals surface area contributed by atoms with Crippen molar-refractivity contribution in [2.45, 2.75) is 50.2 Å². The molecule has 26 heavy (non-hydrogen) atoms. The van der Waals surface area contributed by atoms with E-state index in [-0.39, 0.29) is 5.91 Å². The van der Waals surface area contributed by atoms with Crippen LogP contribution in [0.15, 0.2) is 29.4 Å². The van der Waals surface area contributed by atoms with Crippen LogP contribution in [0.4, 0.5) is 5.95 Å². The van der Waals surface area contributed by atoms with Crippen molar-refractivity contribution >= 4 is 23.6 Å². The Labute approximate surface area is 158 Å². The maximum absolute atomic E-state index is 12.1. The Hall–Kier alpha value is -2.02. The minimum absolute atomic E-state index is 0.0791. The molecule has 2 fully saturated rings. The predicted molar refractivity (Wildman–Crippen MR) is 104 cm³/mol. The summed E-state index contributed by atoms with van der Waals surface area (Å²) in [6.45, 7) is 4.10. The maximum atomic E-state index is 12.1. The second kappa shape index (κ2) is 7.70. The van der Waals surface area contributed by atoms with Gasteiger partial charge < -0.3 is 10.2 Å². The molecule has 7 heteroatoms. The third kappa shape index (κ3) is 4.03. The van der Waals surface area contributed by atoms with Gasteiger partial charge in [-0.3, -0.25) is 9.36 Å². The molecule has 0 bridgehead atoms. The van der Waals surface area contributed by atoms with Gasteiger partial charge >= 0.3 is 0 Å². The average molecular weight is 372 g/mol. The van der Waals surface area contributed by atoms with Gasteiger partial charge in [0.15, 0.2) is 5.16 Å². The second-order valence-corrected chi connectivity index (χ2v) is 8.07. The summed E-state index contributed by atoms with van der Waals surface area (Å²) in [7, 11) is 0. The molecule has 0 spiro atoms. The fraction of sp³-hybridized carbons (Fsp3) is 0.526. The standard InChI is InChI=1S/C19H25N5OS/c1-14-5-9-16(10-6-14)24-18(23-11-3-2-4-12-23)21-22-19(24)26-13-17(25)20-15-7-8-15/h5-6,9-10,15H,2-4,7-8,11-13H2,1H3,(H,20,25). The van der Waals surface area contributed by atoms with Crippen molar-refractivity contribution in [3.05, 3.63) is 29.8 Å². The number of nitrogens with one attached hydrogen (secondary N) is 1. The number of amides is 1. The van der Waals surface area contributed by atoms with E-state index in [1.165, 1.54) is 36.6 Å². The molecular formula is C19H25N5OS. The van der Waals surface area contributed by atoms with E-state index in [0.717, 1.165) is 42.7 Å². The number of thioether (sulfide) groups is 1. The van der Waals surface area contributed by atoms with Crippen molar-refractivity contribution in [2.24, 2.45) is 0 Å². The molecule has 0 radical (unpaired) electrons. The van der Waals surface area contributed by atoms with Gasteiger partial charge in [0.1, 0.15) is 0 Å². The van der Waals surface area contributed by atoms with Crippen molar-refractivity contribution in [2.75, 3.05) is 23.7 Å². The summed E-state index contributed by atoms with van der Waals surface area (Å²) in [5.41, 5.74) is 2.27. The van der Waals surface area contributed by atoms with Gasteiger partial charge in [-0.25, -0.2) is 0 Å². The first-order valence-electron chi connectivity index (χ1n) is 9.40. The summed E-state index contributed by atoms with van der Waals surface area (Å²) >= 11 is 1.46. The Bertz CT molecular complexity index is 763. The number of carbonyl (C=O) groups is 1. The number of aromatic nitrogens is 3. The molecule has 2 aromatic rings. The Morgan fingerprint density at radius 3 is 2.58 bits per heavy atom. The zero-order valence-electron chi connectivity index (χ0n) is 15.1. The molecule has 2 aliphatic rings. The summed E-state index contributed by atoms with van der Waals surface area (Å²) in [6.07, 6.45) is 5.86. The Balaban J connectivity index is 1.58. The Morgan fingerprint density at radius 2 is 1.88 bits per heavy atom. The smallest absolute Gasteiger partial charge is 0.232 e. The zero-order valence-corrected chi connectivity index (χ0v) is 16.0. The van der Waals surface area contributed by atoms with Crippen LogP contribution in [0.25, 0.3) is 5.69 Å². The van der Waals surface area contributed by atoms with Crippen LogP contribution in [-0.2, 0) is 4.79 Å². The lowest BCUT2D eigenvalue weighted by Crippen LogP contribution is -2.31. The normalized spacial score (nSPS) is 17.3. The molecule has 0 atom stereocenters. The van der Waals surface area contributed by atoms with Crippen LogP contribution >= 0.6 is 11.8 Å². The highest BCUT2D eigenvalue weighted by Crippen LogP contribution is 2.28. The van der Waals surface area contributed by atoms with Gasteiger partial charge in [0, 0.05) is 19.1 Å². The van der Waals surface area contributed by atoms with Gasteiger partial charge in [-0.2, -0.15) is 0 Å². The molecule has 1 aromatic heterocycles. The van der Waals surface area contributed by atoms with Crippen LogP contribution in [0, 0.1) is 6.92 Å². The van der Waals surface area contributed by atoms with E-state index in [9.17, 15) is 4.79 Å². The maximum Gasteiger partial charge on any atom is 0.232 e. The first-order chi connectivity index (χ1) is 12.7. The third-order valence-electron chi connectivity index (χ3n) is 4.82. The number of benzene rings is 1. The van der Waals surface area contributed by atoms with E-state index in [1.54, 1.807) is 0 Å². The molecule has 1 saturated carbocycles. The van der Waals surface area contributed by atoms with Crippen molar-refractivity contribution in [3.8, 4) is 5.69 Å². The molecule has 1 amide bonds. The van der Waals surface area contributed by atoms with Gasteiger partial charge in [-0.15, -0.1) is 10.2 Å². The Kier molecular flexibility index (Phi) is 5.15. The SMILES string of the molecule is Cc1ccc(-n2c(SCC(=O)NC3CC3)nnc2N2CCCCC2)cc1. The predicted octanol–water partition coefficient (Wildman–Crippen LogP) is 2.94. The third-order valence-corrected chi connectivity index (χ3v) is 5.75. The van der Waals surface area contributed by atoms with E-state index in [2.05, 4.69) is 56.2 Å². The largest absolute Gasteiger partial charge is 0.353 e. The highest BCUT2D eigenvalue weighted by atomic mass is 32.2. The van der Waals surface area contributed by atoms with E-state index in [1.807, 2.05) is 0 Å². The number of piperidine rings is 1. The lowest BCUT2D eigenvalue weighted by atomic mass is 10.1. The Morgan fingerprint density at radius 1 is 1.15 bits per heavy atom. The highest BCUT2D eigenvalue weighted by molar-refractivity contribution is 7.99. The zero-order chi connectivity index (χ0) is 17.9. The molecule has 0 unspecified atom stereocenters. The minimum atomic E-state index is 0.0791. The van der Waals surface area contributed by atoms with Gasteiger partial charge in [0.05, 0.1) is 11.4 Å². The van der Waals surface area contributed by atoms with Crippen molar-refractivity contribution in [1.29, 1.82) is 0 Å². The molecule has 6 nitrogen and oxygen atoms in total. The summed E-state index contributed by atoms with van der Waals surface area (Å²) < 4.78 is 2.10. The number of hydrogen-bond acceptors (Lipinski definition) is 5. The van der Waals surface area contributed by atoms with Crippen LogP contribution in [0.3, 0.4) is 0 Å². The molecule has 1 aliphatic carbocycles. The molecule has 2 heterocycles. The quantitative estimate of drug-likeness (QED) is 0.791. The first kappa shape index (κ1) is 17.4. The average Bonchev–Trinajstić information content (AvgIpc) is 3.37. The topological polar surface area (TPSA) is 63.1 Å².